The fourth-order valence-corrected chi connectivity index (χ4v) is 3.94. The molecule has 0 aliphatic heterocycles. The van der Waals surface area contributed by atoms with E-state index in [1.807, 2.05) is 60.9 Å². The van der Waals surface area contributed by atoms with Crippen LogP contribution >= 0.6 is 39.3 Å². The lowest BCUT2D eigenvalue weighted by Crippen LogP contribution is -2.14. The average molecular weight is 481 g/mol. The van der Waals surface area contributed by atoms with E-state index in [9.17, 15) is 4.79 Å². The molecule has 0 radical (unpaired) electrons. The zero-order valence-corrected chi connectivity index (χ0v) is 18.8. The van der Waals surface area contributed by atoms with E-state index in [1.54, 1.807) is 12.1 Å². The molecule has 1 N–H and O–H groups in total. The van der Waals surface area contributed by atoms with Gasteiger partial charge in [0.15, 0.2) is 11.0 Å². The minimum absolute atomic E-state index is 0.158. The number of carbonyl (C=O) groups excluding carboxylic acids is 1. The predicted molar refractivity (Wildman–Crippen MR) is 119 cm³/mol. The summed E-state index contributed by atoms with van der Waals surface area (Å²) in [5.74, 6) is 0.802. The first-order valence-corrected chi connectivity index (χ1v) is 10.6. The summed E-state index contributed by atoms with van der Waals surface area (Å²) in [4.78, 5) is 14.3. The van der Waals surface area contributed by atoms with Gasteiger partial charge in [0.05, 0.1) is 16.5 Å². The molecule has 1 amide bonds. The van der Waals surface area contributed by atoms with Crippen LogP contribution in [0.5, 0.6) is 0 Å². The molecule has 2 aromatic carbocycles. The fraction of sp³-hybridized carbons (Fsp3) is 0.211. The molecule has 146 valence electrons. The van der Waals surface area contributed by atoms with E-state index in [-0.39, 0.29) is 11.7 Å². The molecule has 28 heavy (non-hydrogen) atoms. The van der Waals surface area contributed by atoms with Crippen molar-refractivity contribution >= 4 is 56.6 Å². The van der Waals surface area contributed by atoms with Crippen LogP contribution in [0, 0.1) is 0 Å². The smallest absolute Gasteiger partial charge is 0.234 e. The Balaban J connectivity index is 1.64. The zero-order chi connectivity index (χ0) is 20.3. The SMILES string of the molecule is CN(C)c1ccc(-c2nnc(SCC(=O)Nc3ccc(Br)cc3Cl)n2C)cc1. The quantitative estimate of drug-likeness (QED) is 0.518. The molecule has 1 heterocycles. The number of halogens is 2. The summed E-state index contributed by atoms with van der Waals surface area (Å²) in [7, 11) is 5.89. The summed E-state index contributed by atoms with van der Waals surface area (Å²) in [5.41, 5.74) is 2.66. The van der Waals surface area contributed by atoms with Gasteiger partial charge in [0.1, 0.15) is 0 Å². The Morgan fingerprint density at radius 2 is 1.93 bits per heavy atom. The number of benzene rings is 2. The summed E-state index contributed by atoms with van der Waals surface area (Å²) in [6.07, 6.45) is 0. The number of amides is 1. The van der Waals surface area contributed by atoms with Crippen LogP contribution in [0.15, 0.2) is 52.1 Å². The summed E-state index contributed by atoms with van der Waals surface area (Å²) >= 11 is 10.8. The number of thioether (sulfide) groups is 1. The van der Waals surface area contributed by atoms with Crippen LogP contribution in [0.4, 0.5) is 11.4 Å². The number of rotatable bonds is 6. The molecule has 6 nitrogen and oxygen atoms in total. The molecule has 0 aliphatic carbocycles. The number of aromatic nitrogens is 3. The highest BCUT2D eigenvalue weighted by atomic mass is 79.9. The average Bonchev–Trinajstić information content (AvgIpc) is 3.03. The largest absolute Gasteiger partial charge is 0.378 e. The monoisotopic (exact) mass is 479 g/mol. The minimum atomic E-state index is -0.158. The van der Waals surface area contributed by atoms with E-state index in [2.05, 4.69) is 31.4 Å². The number of anilines is 2. The normalized spacial score (nSPS) is 10.8. The fourth-order valence-electron chi connectivity index (χ4n) is 2.51. The highest BCUT2D eigenvalue weighted by Gasteiger charge is 2.14. The maximum atomic E-state index is 12.2. The molecule has 0 unspecified atom stereocenters. The molecule has 9 heteroatoms. The molecule has 1 aromatic heterocycles. The third-order valence-electron chi connectivity index (χ3n) is 4.01. The molecule has 0 aliphatic rings. The van der Waals surface area contributed by atoms with Crippen LogP contribution < -0.4 is 10.2 Å². The van der Waals surface area contributed by atoms with Crippen LogP contribution in [0.1, 0.15) is 0 Å². The van der Waals surface area contributed by atoms with E-state index in [1.165, 1.54) is 11.8 Å². The minimum Gasteiger partial charge on any atom is -0.378 e. The molecular weight excluding hydrogens is 462 g/mol. The second kappa shape index (κ2) is 8.98. The maximum absolute atomic E-state index is 12.2. The highest BCUT2D eigenvalue weighted by Crippen LogP contribution is 2.27. The van der Waals surface area contributed by atoms with Gasteiger partial charge >= 0.3 is 0 Å². The van der Waals surface area contributed by atoms with Gasteiger partial charge in [-0.15, -0.1) is 10.2 Å². The van der Waals surface area contributed by atoms with Crippen molar-refractivity contribution < 1.29 is 4.79 Å². The van der Waals surface area contributed by atoms with E-state index >= 15 is 0 Å². The Morgan fingerprint density at radius 3 is 2.57 bits per heavy atom. The van der Waals surface area contributed by atoms with Gasteiger partial charge in [0.2, 0.25) is 5.91 Å². The van der Waals surface area contributed by atoms with Gasteiger partial charge < -0.3 is 14.8 Å². The Kier molecular flexibility index (Phi) is 6.64. The van der Waals surface area contributed by atoms with Crippen molar-refractivity contribution in [2.24, 2.45) is 7.05 Å². The van der Waals surface area contributed by atoms with Crippen LogP contribution in [0.25, 0.3) is 11.4 Å². The lowest BCUT2D eigenvalue weighted by atomic mass is 10.2. The third kappa shape index (κ3) is 4.87. The topological polar surface area (TPSA) is 63.1 Å². The first-order chi connectivity index (χ1) is 13.3. The van der Waals surface area contributed by atoms with Crippen molar-refractivity contribution in [3.8, 4) is 11.4 Å². The lowest BCUT2D eigenvalue weighted by molar-refractivity contribution is -0.113. The summed E-state index contributed by atoms with van der Waals surface area (Å²) in [5, 5.41) is 12.4. The predicted octanol–water partition coefficient (Wildman–Crippen LogP) is 4.69. The maximum Gasteiger partial charge on any atom is 0.234 e. The number of hydrogen-bond acceptors (Lipinski definition) is 5. The Hall–Kier alpha value is -2.03. The number of nitrogens with zero attached hydrogens (tertiary/aromatic N) is 4. The molecule has 0 saturated carbocycles. The van der Waals surface area contributed by atoms with Crippen LogP contribution in [0.2, 0.25) is 5.02 Å². The molecular formula is C19H19BrClN5OS. The van der Waals surface area contributed by atoms with Gasteiger partial charge in [-0.3, -0.25) is 4.79 Å². The summed E-state index contributed by atoms with van der Waals surface area (Å²) in [6.45, 7) is 0. The molecule has 0 spiro atoms. The first kappa shape index (κ1) is 20.7. The second-order valence-electron chi connectivity index (χ2n) is 6.27. The number of carbonyl (C=O) groups is 1. The van der Waals surface area contributed by atoms with Gasteiger partial charge in [0.25, 0.3) is 0 Å². The Labute approximate surface area is 181 Å². The van der Waals surface area contributed by atoms with Crippen LogP contribution in [-0.4, -0.2) is 40.5 Å². The molecule has 3 rings (SSSR count). The molecule has 0 saturated heterocycles. The van der Waals surface area contributed by atoms with Gasteiger partial charge in [0, 0.05) is 36.9 Å². The van der Waals surface area contributed by atoms with E-state index in [0.29, 0.717) is 15.9 Å². The van der Waals surface area contributed by atoms with Crippen molar-refractivity contribution in [1.82, 2.24) is 14.8 Å². The van der Waals surface area contributed by atoms with Crippen molar-refractivity contribution in [3.05, 3.63) is 52.0 Å². The van der Waals surface area contributed by atoms with E-state index < -0.39 is 0 Å². The summed E-state index contributed by atoms with van der Waals surface area (Å²) in [6, 6.07) is 13.4. The third-order valence-corrected chi connectivity index (χ3v) is 5.84. The van der Waals surface area contributed by atoms with Crippen molar-refractivity contribution in [1.29, 1.82) is 0 Å². The lowest BCUT2D eigenvalue weighted by Gasteiger charge is -2.12. The van der Waals surface area contributed by atoms with Crippen molar-refractivity contribution in [2.45, 2.75) is 5.16 Å². The van der Waals surface area contributed by atoms with Gasteiger partial charge in [-0.05, 0) is 42.5 Å². The molecule has 0 fully saturated rings. The zero-order valence-electron chi connectivity index (χ0n) is 15.6. The molecule has 3 aromatic rings. The Bertz CT molecular complexity index is 990. The number of nitrogens with one attached hydrogen (secondary N) is 1. The molecule has 0 atom stereocenters. The Morgan fingerprint density at radius 1 is 1.21 bits per heavy atom. The van der Waals surface area contributed by atoms with Crippen LogP contribution in [-0.2, 0) is 11.8 Å². The van der Waals surface area contributed by atoms with Gasteiger partial charge in [-0.1, -0.05) is 39.3 Å². The number of hydrogen-bond donors (Lipinski definition) is 1. The van der Waals surface area contributed by atoms with Crippen LogP contribution in [0.3, 0.4) is 0 Å². The highest BCUT2D eigenvalue weighted by molar-refractivity contribution is 9.10. The second-order valence-corrected chi connectivity index (χ2v) is 8.53. The summed E-state index contributed by atoms with van der Waals surface area (Å²) < 4.78 is 2.74. The van der Waals surface area contributed by atoms with Gasteiger partial charge in [-0.25, -0.2) is 0 Å². The van der Waals surface area contributed by atoms with Gasteiger partial charge in [-0.2, -0.15) is 0 Å². The van der Waals surface area contributed by atoms with E-state index in [0.717, 1.165) is 21.5 Å². The van der Waals surface area contributed by atoms with Crippen molar-refractivity contribution in [3.63, 3.8) is 0 Å². The van der Waals surface area contributed by atoms with E-state index in [4.69, 9.17) is 11.6 Å². The van der Waals surface area contributed by atoms with Crippen molar-refractivity contribution in [2.75, 3.05) is 30.1 Å². The standard InChI is InChI=1S/C19H19BrClN5OS/c1-25(2)14-7-4-12(5-8-14)18-23-24-19(26(18)3)28-11-17(27)22-16-9-6-13(20)10-15(16)21/h4-10H,11H2,1-3H3,(H,22,27). The first-order valence-electron chi connectivity index (χ1n) is 8.40. The molecule has 0 bridgehead atoms.